The van der Waals surface area contributed by atoms with Crippen LogP contribution in [0.4, 0.5) is 5.69 Å². The van der Waals surface area contributed by atoms with Crippen LogP contribution in [-0.4, -0.2) is 26.7 Å². The number of nitro groups is 1. The molecule has 0 saturated carbocycles. The van der Waals surface area contributed by atoms with E-state index in [1.54, 1.807) is 6.07 Å². The summed E-state index contributed by atoms with van der Waals surface area (Å²) in [7, 11) is 0. The Labute approximate surface area is 108 Å². The van der Waals surface area contributed by atoms with Gasteiger partial charge in [0.15, 0.2) is 11.5 Å². The Morgan fingerprint density at radius 1 is 1.67 bits per heavy atom. The predicted molar refractivity (Wildman–Crippen MR) is 69.0 cm³/mol. The number of thioether (sulfide) groups is 1. The minimum atomic E-state index is -0.614. The number of pyridine rings is 1. The molecule has 1 aromatic rings. The molecule has 0 radical (unpaired) electrons. The van der Waals surface area contributed by atoms with Gasteiger partial charge >= 0.3 is 0 Å². The van der Waals surface area contributed by atoms with E-state index < -0.39 is 4.92 Å². The number of rotatable bonds is 5. The first-order valence-corrected chi connectivity index (χ1v) is 6.20. The van der Waals surface area contributed by atoms with E-state index in [1.165, 1.54) is 17.8 Å². The minimum absolute atomic E-state index is 0.115. The molecule has 0 unspecified atom stereocenters. The normalized spacial score (nSPS) is 11.8. The van der Waals surface area contributed by atoms with Gasteiger partial charge in [-0.25, -0.2) is 4.98 Å². The van der Waals surface area contributed by atoms with Gasteiger partial charge in [0.2, 0.25) is 0 Å². The number of hydrogen-bond donors (Lipinski definition) is 2. The summed E-state index contributed by atoms with van der Waals surface area (Å²) in [5.74, 6) is 0.938. The van der Waals surface area contributed by atoms with Crippen LogP contribution in [0.3, 0.4) is 0 Å². The number of nitrogens with two attached hydrogens (primary N) is 1. The lowest BCUT2D eigenvalue weighted by molar-refractivity contribution is -0.385. The zero-order valence-corrected chi connectivity index (χ0v) is 10.8. The van der Waals surface area contributed by atoms with Gasteiger partial charge in [-0.3, -0.25) is 10.1 Å². The van der Waals surface area contributed by atoms with Gasteiger partial charge in [0.1, 0.15) is 0 Å². The number of oxime groups is 1. The molecule has 0 spiro atoms. The lowest BCUT2D eigenvalue weighted by Crippen LogP contribution is -2.17. The fourth-order valence-corrected chi connectivity index (χ4v) is 1.97. The van der Waals surface area contributed by atoms with Gasteiger partial charge in [-0.05, 0) is 12.0 Å². The van der Waals surface area contributed by atoms with E-state index in [2.05, 4.69) is 24.0 Å². The molecule has 1 rings (SSSR count). The molecule has 0 bridgehead atoms. The second-order valence-corrected chi connectivity index (χ2v) is 5.00. The van der Waals surface area contributed by atoms with E-state index in [1.807, 2.05) is 0 Å². The van der Waals surface area contributed by atoms with E-state index in [-0.39, 0.29) is 17.2 Å². The predicted octanol–water partition coefficient (Wildman–Crippen LogP) is 1.83. The van der Waals surface area contributed by atoms with Gasteiger partial charge in [-0.2, -0.15) is 0 Å². The molecule has 0 aliphatic heterocycles. The summed E-state index contributed by atoms with van der Waals surface area (Å²) in [5.41, 5.74) is 4.99. The zero-order valence-electron chi connectivity index (χ0n) is 10.0. The maximum absolute atomic E-state index is 10.8. The van der Waals surface area contributed by atoms with Crippen LogP contribution in [0.15, 0.2) is 22.3 Å². The Morgan fingerprint density at radius 2 is 2.33 bits per heavy atom. The highest BCUT2D eigenvalue weighted by atomic mass is 32.2. The molecular weight excluding hydrogens is 256 g/mol. The molecule has 0 aliphatic carbocycles. The average Bonchev–Trinajstić information content (AvgIpc) is 2.34. The summed E-state index contributed by atoms with van der Waals surface area (Å²) in [6, 6.07) is 2.86. The van der Waals surface area contributed by atoms with Gasteiger partial charge in [-0.1, -0.05) is 19.0 Å². The molecule has 8 heteroatoms. The van der Waals surface area contributed by atoms with Crippen molar-refractivity contribution in [1.29, 1.82) is 0 Å². The average molecular weight is 270 g/mol. The topological polar surface area (TPSA) is 115 Å². The smallest absolute Gasteiger partial charge is 0.298 e. The summed E-state index contributed by atoms with van der Waals surface area (Å²) in [4.78, 5) is 14.2. The SMILES string of the molecule is CC(C)CSc1ccc([N+](=O)[O-])c(/C(N)=N/O)n1. The lowest BCUT2D eigenvalue weighted by Gasteiger charge is -2.06. The Morgan fingerprint density at radius 3 is 2.83 bits per heavy atom. The zero-order chi connectivity index (χ0) is 13.7. The minimum Gasteiger partial charge on any atom is -0.409 e. The Bertz CT molecular complexity index is 476. The molecule has 0 fully saturated rings. The Kier molecular flexibility index (Phi) is 4.90. The second kappa shape index (κ2) is 6.20. The monoisotopic (exact) mass is 270 g/mol. The van der Waals surface area contributed by atoms with E-state index in [9.17, 15) is 10.1 Å². The molecule has 18 heavy (non-hydrogen) atoms. The molecule has 0 aromatic carbocycles. The molecule has 98 valence electrons. The maximum Gasteiger partial charge on any atom is 0.298 e. The van der Waals surface area contributed by atoms with Crippen LogP contribution in [0.25, 0.3) is 0 Å². The highest BCUT2D eigenvalue weighted by Gasteiger charge is 2.19. The van der Waals surface area contributed by atoms with Crippen LogP contribution in [0, 0.1) is 16.0 Å². The van der Waals surface area contributed by atoms with Gasteiger partial charge in [0.25, 0.3) is 5.69 Å². The number of hydrogen-bond acceptors (Lipinski definition) is 6. The lowest BCUT2D eigenvalue weighted by atomic mass is 10.3. The first-order valence-electron chi connectivity index (χ1n) is 5.21. The first kappa shape index (κ1) is 14.2. The molecular formula is C10H14N4O3S. The van der Waals surface area contributed by atoms with Crippen LogP contribution in [0.2, 0.25) is 0 Å². The maximum atomic E-state index is 10.8. The third kappa shape index (κ3) is 3.59. The summed E-state index contributed by atoms with van der Waals surface area (Å²) in [5, 5.41) is 22.7. The van der Waals surface area contributed by atoms with Crippen LogP contribution < -0.4 is 5.73 Å². The highest BCUT2D eigenvalue weighted by Crippen LogP contribution is 2.23. The second-order valence-electron chi connectivity index (χ2n) is 3.96. The fraction of sp³-hybridized carbons (Fsp3) is 0.400. The van der Waals surface area contributed by atoms with Gasteiger partial charge in [0, 0.05) is 11.8 Å². The van der Waals surface area contributed by atoms with Crippen molar-refractivity contribution < 1.29 is 10.1 Å². The first-order chi connectivity index (χ1) is 8.45. The van der Waals surface area contributed by atoms with E-state index >= 15 is 0 Å². The van der Waals surface area contributed by atoms with Crippen molar-refractivity contribution >= 4 is 23.3 Å². The van der Waals surface area contributed by atoms with Crippen molar-refractivity contribution in [1.82, 2.24) is 4.98 Å². The van der Waals surface area contributed by atoms with Gasteiger partial charge in [-0.15, -0.1) is 11.8 Å². The van der Waals surface area contributed by atoms with Crippen LogP contribution in [-0.2, 0) is 0 Å². The van der Waals surface area contributed by atoms with Gasteiger partial charge in [0.05, 0.1) is 9.95 Å². The number of aromatic nitrogens is 1. The van der Waals surface area contributed by atoms with Gasteiger partial charge < -0.3 is 10.9 Å². The van der Waals surface area contributed by atoms with Crippen LogP contribution in [0.1, 0.15) is 19.5 Å². The molecule has 0 saturated heterocycles. The molecule has 0 atom stereocenters. The van der Waals surface area contributed by atoms with Crippen molar-refractivity contribution in [3.63, 3.8) is 0 Å². The standard InChI is InChI=1S/C10H14N4O3S/c1-6(2)5-18-8-4-3-7(14(16)17)9(12-8)10(11)13-15/h3-4,6,15H,5H2,1-2H3,(H2,11,13). The summed E-state index contributed by atoms with van der Waals surface area (Å²) in [6.07, 6.45) is 0. The summed E-state index contributed by atoms with van der Waals surface area (Å²) < 4.78 is 0. The van der Waals surface area contributed by atoms with Crippen LogP contribution in [0.5, 0.6) is 0 Å². The highest BCUT2D eigenvalue weighted by molar-refractivity contribution is 7.99. The van der Waals surface area contributed by atoms with Crippen molar-refractivity contribution in [2.75, 3.05) is 5.75 Å². The van der Waals surface area contributed by atoms with Crippen molar-refractivity contribution in [3.05, 3.63) is 27.9 Å². The molecule has 3 N–H and O–H groups in total. The molecule has 1 aromatic heterocycles. The largest absolute Gasteiger partial charge is 0.409 e. The molecule has 7 nitrogen and oxygen atoms in total. The fourth-order valence-electron chi connectivity index (χ4n) is 1.15. The van der Waals surface area contributed by atoms with Crippen molar-refractivity contribution in [3.8, 4) is 0 Å². The van der Waals surface area contributed by atoms with E-state index in [0.29, 0.717) is 10.9 Å². The van der Waals surface area contributed by atoms with Crippen LogP contribution >= 0.6 is 11.8 Å². The van der Waals surface area contributed by atoms with E-state index in [4.69, 9.17) is 10.9 Å². The quantitative estimate of drug-likeness (QED) is 0.211. The Hall–Kier alpha value is -1.83. The summed E-state index contributed by atoms with van der Waals surface area (Å²) in [6.45, 7) is 4.12. The molecule has 0 aliphatic rings. The summed E-state index contributed by atoms with van der Waals surface area (Å²) >= 11 is 1.47. The molecule has 0 amide bonds. The third-order valence-corrected chi connectivity index (χ3v) is 3.32. The molecule has 1 heterocycles. The number of amidine groups is 1. The number of nitrogens with zero attached hydrogens (tertiary/aromatic N) is 3. The van der Waals surface area contributed by atoms with Crippen molar-refractivity contribution in [2.45, 2.75) is 18.9 Å². The van der Waals surface area contributed by atoms with E-state index in [0.717, 1.165) is 5.75 Å². The van der Waals surface area contributed by atoms with Crippen molar-refractivity contribution in [2.24, 2.45) is 16.8 Å². The third-order valence-electron chi connectivity index (χ3n) is 1.96. The Balaban J connectivity index is 3.09.